The number of nitrogens with one attached hydrogen (secondary N) is 2. The van der Waals surface area contributed by atoms with Crippen LogP contribution < -0.4 is 10.1 Å². The molecule has 4 rings (SSSR count). The number of carbonyl (C=O) groups is 1. The Morgan fingerprint density at radius 3 is 2.56 bits per heavy atom. The number of rotatable bonds is 6. The number of aromatic amines is 1. The highest BCUT2D eigenvalue weighted by Gasteiger charge is 2.31. The summed E-state index contributed by atoms with van der Waals surface area (Å²) in [5, 5.41) is 2.72. The van der Waals surface area contributed by atoms with E-state index in [1.54, 1.807) is 6.07 Å². The highest BCUT2D eigenvalue weighted by atomic mass is 19.4. The zero-order valence-corrected chi connectivity index (χ0v) is 17.5. The molecule has 180 valence electrons. The maximum atomic E-state index is 12.9. The third-order valence-electron chi connectivity index (χ3n) is 5.14. The molecule has 2 aromatic heterocycles. The van der Waals surface area contributed by atoms with E-state index in [1.165, 1.54) is 30.5 Å². The van der Waals surface area contributed by atoms with Gasteiger partial charge in [0.15, 0.2) is 12.4 Å². The predicted molar refractivity (Wildman–Crippen MR) is 109 cm³/mol. The summed E-state index contributed by atoms with van der Waals surface area (Å²) in [6, 6.07) is 7.03. The standard InChI is InChI=1S/C22H18F6N4O2/c23-21(24,25)7-4-12-2-1-3-17(34-11-22(26,27)28)18(12)19-29-8-6-15(32-19)16-10-13-14(31-16)5-9-30-20(13)33/h1-3,6,8,10,31H,4-5,7,9,11H2,(H,30,33). The van der Waals surface area contributed by atoms with E-state index in [1.807, 2.05) is 0 Å². The first kappa shape index (κ1) is 23.6. The SMILES string of the molecule is O=C1NCCc2[nH]c(-c3ccnc(-c4c(CCC(F)(F)F)cccc4OCC(F)(F)F)n3)cc21. The van der Waals surface area contributed by atoms with E-state index >= 15 is 0 Å². The molecular weight excluding hydrogens is 466 g/mol. The maximum Gasteiger partial charge on any atom is 0.422 e. The molecule has 0 bridgehead atoms. The lowest BCUT2D eigenvalue weighted by molar-refractivity contribution is -0.153. The first-order valence-electron chi connectivity index (χ1n) is 10.2. The van der Waals surface area contributed by atoms with Crippen LogP contribution in [0.1, 0.15) is 28.0 Å². The van der Waals surface area contributed by atoms with Crippen LogP contribution in [0.2, 0.25) is 0 Å². The maximum absolute atomic E-state index is 12.9. The van der Waals surface area contributed by atoms with Crippen LogP contribution in [0.5, 0.6) is 5.75 Å². The average molecular weight is 484 g/mol. The van der Waals surface area contributed by atoms with Crippen LogP contribution >= 0.6 is 0 Å². The average Bonchev–Trinajstić information content (AvgIpc) is 3.21. The van der Waals surface area contributed by atoms with Crippen molar-refractivity contribution >= 4 is 5.91 Å². The summed E-state index contributed by atoms with van der Waals surface area (Å²) in [5.74, 6) is -0.623. The molecule has 3 heterocycles. The van der Waals surface area contributed by atoms with Crippen LogP contribution in [0.25, 0.3) is 22.8 Å². The van der Waals surface area contributed by atoms with Crippen LogP contribution in [-0.2, 0) is 12.8 Å². The van der Waals surface area contributed by atoms with E-state index in [4.69, 9.17) is 4.74 Å². The van der Waals surface area contributed by atoms with Gasteiger partial charge < -0.3 is 15.0 Å². The Kier molecular flexibility index (Phi) is 6.24. The highest BCUT2D eigenvalue weighted by Crippen LogP contribution is 2.35. The Balaban J connectivity index is 1.75. The molecule has 34 heavy (non-hydrogen) atoms. The molecule has 1 aliphatic rings. The van der Waals surface area contributed by atoms with Crippen LogP contribution in [0, 0.1) is 0 Å². The fourth-order valence-corrected chi connectivity index (χ4v) is 3.66. The van der Waals surface area contributed by atoms with Gasteiger partial charge in [0.05, 0.1) is 22.5 Å². The van der Waals surface area contributed by atoms with Crippen LogP contribution in [-0.4, -0.2) is 46.4 Å². The van der Waals surface area contributed by atoms with Gasteiger partial charge in [-0.25, -0.2) is 9.97 Å². The summed E-state index contributed by atoms with van der Waals surface area (Å²) < 4.78 is 81.8. The Bertz CT molecular complexity index is 1170. The number of aryl methyl sites for hydroxylation is 1. The van der Waals surface area contributed by atoms with Crippen molar-refractivity contribution in [2.45, 2.75) is 31.6 Å². The van der Waals surface area contributed by atoms with Crippen molar-refractivity contribution in [3.63, 3.8) is 0 Å². The molecule has 3 aromatic rings. The number of hydrogen-bond acceptors (Lipinski definition) is 4. The van der Waals surface area contributed by atoms with Gasteiger partial charge in [-0.2, -0.15) is 26.3 Å². The number of hydrogen-bond donors (Lipinski definition) is 2. The normalized spacial score (nSPS) is 14.0. The molecule has 0 unspecified atom stereocenters. The molecule has 1 aliphatic heterocycles. The third kappa shape index (κ3) is 5.49. The third-order valence-corrected chi connectivity index (χ3v) is 5.14. The van der Waals surface area contributed by atoms with Crippen molar-refractivity contribution in [1.82, 2.24) is 20.3 Å². The van der Waals surface area contributed by atoms with Gasteiger partial charge in [-0.15, -0.1) is 0 Å². The van der Waals surface area contributed by atoms with E-state index < -0.39 is 31.8 Å². The van der Waals surface area contributed by atoms with Gasteiger partial charge in [-0.3, -0.25) is 4.79 Å². The largest absolute Gasteiger partial charge is 0.483 e. The zero-order chi connectivity index (χ0) is 24.5. The van der Waals surface area contributed by atoms with Crippen molar-refractivity contribution in [3.05, 3.63) is 53.3 Å². The van der Waals surface area contributed by atoms with Gasteiger partial charge >= 0.3 is 12.4 Å². The number of benzene rings is 1. The Morgan fingerprint density at radius 2 is 1.85 bits per heavy atom. The van der Waals surface area contributed by atoms with Gasteiger partial charge in [0.2, 0.25) is 0 Å². The second kappa shape index (κ2) is 8.99. The highest BCUT2D eigenvalue weighted by molar-refractivity contribution is 5.97. The lowest BCUT2D eigenvalue weighted by atomic mass is 10.0. The van der Waals surface area contributed by atoms with Crippen molar-refractivity contribution < 1.29 is 35.9 Å². The number of fused-ring (bicyclic) bond motifs is 1. The number of aromatic nitrogens is 3. The second-order valence-electron chi connectivity index (χ2n) is 7.66. The molecule has 0 radical (unpaired) electrons. The monoisotopic (exact) mass is 484 g/mol. The zero-order valence-electron chi connectivity index (χ0n) is 17.5. The van der Waals surface area contributed by atoms with Crippen molar-refractivity contribution in [2.75, 3.05) is 13.2 Å². The molecule has 2 N–H and O–H groups in total. The number of nitrogens with zero attached hydrogens (tertiary/aromatic N) is 2. The fraction of sp³-hybridized carbons (Fsp3) is 0.318. The van der Waals surface area contributed by atoms with Gasteiger partial charge in [0.1, 0.15) is 5.75 Å². The summed E-state index contributed by atoms with van der Waals surface area (Å²) >= 11 is 0. The summed E-state index contributed by atoms with van der Waals surface area (Å²) in [6.07, 6.45) is -8.87. The van der Waals surface area contributed by atoms with Gasteiger partial charge in [0, 0.05) is 31.3 Å². The van der Waals surface area contributed by atoms with E-state index in [0.29, 0.717) is 35.6 Å². The van der Waals surface area contributed by atoms with Gasteiger partial charge in [0.25, 0.3) is 5.91 Å². The van der Waals surface area contributed by atoms with Crippen molar-refractivity contribution in [1.29, 1.82) is 0 Å². The molecule has 0 atom stereocenters. The van der Waals surface area contributed by atoms with E-state index in [2.05, 4.69) is 20.3 Å². The number of halogens is 6. The Labute approximate surface area is 189 Å². The molecule has 1 amide bonds. The van der Waals surface area contributed by atoms with E-state index in [0.717, 1.165) is 0 Å². The molecule has 0 saturated carbocycles. The van der Waals surface area contributed by atoms with Gasteiger partial charge in [-0.1, -0.05) is 12.1 Å². The molecule has 0 fully saturated rings. The van der Waals surface area contributed by atoms with Crippen LogP contribution in [0.4, 0.5) is 26.3 Å². The van der Waals surface area contributed by atoms with Crippen LogP contribution in [0.15, 0.2) is 36.5 Å². The quantitative estimate of drug-likeness (QED) is 0.490. The summed E-state index contributed by atoms with van der Waals surface area (Å²) in [4.78, 5) is 23.6. The first-order valence-corrected chi connectivity index (χ1v) is 10.2. The molecule has 0 saturated heterocycles. The smallest absolute Gasteiger partial charge is 0.422 e. The second-order valence-corrected chi connectivity index (χ2v) is 7.66. The molecule has 6 nitrogen and oxygen atoms in total. The van der Waals surface area contributed by atoms with Crippen molar-refractivity contribution in [3.8, 4) is 28.5 Å². The minimum atomic E-state index is -4.65. The Morgan fingerprint density at radius 1 is 1.06 bits per heavy atom. The minimum Gasteiger partial charge on any atom is -0.483 e. The van der Waals surface area contributed by atoms with E-state index in [-0.39, 0.29) is 28.6 Å². The van der Waals surface area contributed by atoms with Crippen molar-refractivity contribution in [2.24, 2.45) is 0 Å². The van der Waals surface area contributed by atoms with E-state index in [9.17, 15) is 31.1 Å². The number of ether oxygens (including phenoxy) is 1. The Hall–Kier alpha value is -3.57. The summed E-state index contributed by atoms with van der Waals surface area (Å²) in [6.45, 7) is -1.16. The molecule has 0 aliphatic carbocycles. The number of amides is 1. The molecular formula is C22H18F6N4O2. The first-order chi connectivity index (χ1) is 16.0. The molecule has 1 aromatic carbocycles. The minimum absolute atomic E-state index is 0.0492. The fourth-order valence-electron chi connectivity index (χ4n) is 3.66. The number of H-pyrrole nitrogens is 1. The summed E-state index contributed by atoms with van der Waals surface area (Å²) in [5.41, 5.74) is 1.99. The van der Waals surface area contributed by atoms with Crippen LogP contribution in [0.3, 0.4) is 0 Å². The number of alkyl halides is 6. The lowest BCUT2D eigenvalue weighted by Crippen LogP contribution is -2.31. The number of carbonyl (C=O) groups excluding carboxylic acids is 1. The molecule has 0 spiro atoms. The summed E-state index contributed by atoms with van der Waals surface area (Å²) in [7, 11) is 0. The van der Waals surface area contributed by atoms with Gasteiger partial charge in [-0.05, 0) is 30.2 Å². The predicted octanol–water partition coefficient (Wildman–Crippen LogP) is 4.86. The lowest BCUT2D eigenvalue weighted by Gasteiger charge is -2.17. The molecule has 12 heteroatoms. The topological polar surface area (TPSA) is 79.9 Å².